The fourth-order valence-electron chi connectivity index (χ4n) is 2.47. The lowest BCUT2D eigenvalue weighted by Gasteiger charge is -2.08. The van der Waals surface area contributed by atoms with Crippen LogP contribution in [-0.2, 0) is 22.7 Å². The van der Waals surface area contributed by atoms with E-state index in [0.29, 0.717) is 25.1 Å². The molecule has 0 aliphatic rings. The number of carbonyl (C=O) groups excluding carboxylic acids is 3. The highest BCUT2D eigenvalue weighted by Gasteiger charge is 2.06. The van der Waals surface area contributed by atoms with Crippen molar-refractivity contribution < 1.29 is 19.1 Å². The molecule has 2 aromatic rings. The smallest absolute Gasteiger partial charge is 0.407 e. The second-order valence-corrected chi connectivity index (χ2v) is 6.15. The summed E-state index contributed by atoms with van der Waals surface area (Å²) in [5, 5.41) is 7.99. The molecule has 0 aliphatic carbocycles. The molecule has 0 radical (unpaired) electrons. The first-order chi connectivity index (χ1) is 13.6. The van der Waals surface area contributed by atoms with Crippen LogP contribution in [0.4, 0.5) is 4.79 Å². The minimum absolute atomic E-state index is 0.121. The molecular weight excluding hydrogens is 358 g/mol. The van der Waals surface area contributed by atoms with E-state index in [9.17, 15) is 14.4 Å². The Morgan fingerprint density at radius 1 is 0.929 bits per heavy atom. The summed E-state index contributed by atoms with van der Waals surface area (Å²) in [5.41, 5.74) is 2.31. The average Bonchev–Trinajstić information content (AvgIpc) is 2.74. The van der Waals surface area contributed by atoms with Crippen LogP contribution >= 0.6 is 0 Å². The summed E-state index contributed by atoms with van der Waals surface area (Å²) in [6.07, 6.45) is 0.286. The topological polar surface area (TPSA) is 96.5 Å². The summed E-state index contributed by atoms with van der Waals surface area (Å²) in [5.74, 6) is -0.289. The predicted molar refractivity (Wildman–Crippen MR) is 106 cm³/mol. The Labute approximate surface area is 164 Å². The van der Waals surface area contributed by atoms with Crippen molar-refractivity contribution in [3.8, 4) is 0 Å². The van der Waals surface area contributed by atoms with E-state index < -0.39 is 6.09 Å². The summed E-state index contributed by atoms with van der Waals surface area (Å²) < 4.78 is 5.10. The van der Waals surface area contributed by atoms with Gasteiger partial charge < -0.3 is 20.7 Å². The van der Waals surface area contributed by atoms with Crippen molar-refractivity contribution in [3.05, 3.63) is 71.3 Å². The van der Waals surface area contributed by atoms with Gasteiger partial charge in [0, 0.05) is 32.1 Å². The van der Waals surface area contributed by atoms with Gasteiger partial charge in [0.25, 0.3) is 5.91 Å². The van der Waals surface area contributed by atoms with E-state index >= 15 is 0 Å². The number of hydrogen-bond acceptors (Lipinski definition) is 4. The first-order valence-corrected chi connectivity index (χ1v) is 9.10. The van der Waals surface area contributed by atoms with Gasteiger partial charge in [0.1, 0.15) is 6.61 Å². The normalized spacial score (nSPS) is 10.0. The van der Waals surface area contributed by atoms with E-state index in [-0.39, 0.29) is 24.8 Å². The Morgan fingerprint density at radius 2 is 1.68 bits per heavy atom. The van der Waals surface area contributed by atoms with Crippen LogP contribution in [0.5, 0.6) is 0 Å². The molecule has 0 spiro atoms. The van der Waals surface area contributed by atoms with Gasteiger partial charge >= 0.3 is 6.09 Å². The third-order valence-corrected chi connectivity index (χ3v) is 3.97. The zero-order valence-electron chi connectivity index (χ0n) is 15.9. The maximum atomic E-state index is 11.9. The summed E-state index contributed by atoms with van der Waals surface area (Å²) in [6.45, 7) is 0.908. The largest absolute Gasteiger partial charge is 0.445 e. The SMILES string of the molecule is CNC(=O)c1cccc(CNC(=O)CCCNC(=O)OCc2ccccc2)c1. The fraction of sp³-hybridized carbons (Fsp3) is 0.286. The Kier molecular flexibility index (Phi) is 8.52. The summed E-state index contributed by atoms with van der Waals surface area (Å²) >= 11 is 0. The van der Waals surface area contributed by atoms with Gasteiger partial charge in [-0.05, 0) is 29.7 Å². The molecule has 3 amide bonds. The average molecular weight is 383 g/mol. The first kappa shape index (κ1) is 21.0. The molecule has 0 bridgehead atoms. The molecule has 2 rings (SSSR count). The van der Waals surface area contributed by atoms with Crippen LogP contribution in [0.1, 0.15) is 34.3 Å². The minimum atomic E-state index is -0.504. The van der Waals surface area contributed by atoms with Crippen LogP contribution in [0.25, 0.3) is 0 Å². The molecule has 3 N–H and O–H groups in total. The maximum absolute atomic E-state index is 11.9. The molecule has 7 heteroatoms. The molecule has 0 aromatic heterocycles. The molecule has 0 unspecified atom stereocenters. The monoisotopic (exact) mass is 383 g/mol. The minimum Gasteiger partial charge on any atom is -0.445 e. The number of nitrogens with one attached hydrogen (secondary N) is 3. The van der Waals surface area contributed by atoms with Crippen molar-refractivity contribution in [2.45, 2.75) is 26.0 Å². The Bertz CT molecular complexity index is 793. The number of ether oxygens (including phenoxy) is 1. The zero-order chi connectivity index (χ0) is 20.2. The second-order valence-electron chi connectivity index (χ2n) is 6.15. The second kappa shape index (κ2) is 11.4. The van der Waals surface area contributed by atoms with Crippen LogP contribution in [0.15, 0.2) is 54.6 Å². The van der Waals surface area contributed by atoms with Crippen LogP contribution in [0.3, 0.4) is 0 Å². The van der Waals surface area contributed by atoms with Crippen LogP contribution in [0.2, 0.25) is 0 Å². The Morgan fingerprint density at radius 3 is 2.43 bits per heavy atom. The highest BCUT2D eigenvalue weighted by Crippen LogP contribution is 2.05. The van der Waals surface area contributed by atoms with Crippen molar-refractivity contribution in [2.75, 3.05) is 13.6 Å². The number of alkyl carbamates (subject to hydrolysis) is 1. The summed E-state index contributed by atoms with van der Waals surface area (Å²) in [4.78, 5) is 35.1. The molecule has 0 fully saturated rings. The molecule has 7 nitrogen and oxygen atoms in total. The van der Waals surface area contributed by atoms with Gasteiger partial charge in [0.2, 0.25) is 5.91 Å². The third kappa shape index (κ3) is 7.49. The molecule has 0 heterocycles. The van der Waals surface area contributed by atoms with E-state index in [2.05, 4.69) is 16.0 Å². The van der Waals surface area contributed by atoms with Gasteiger partial charge in [-0.25, -0.2) is 4.79 Å². The van der Waals surface area contributed by atoms with Gasteiger partial charge in [0.05, 0.1) is 0 Å². The van der Waals surface area contributed by atoms with Gasteiger partial charge in [-0.1, -0.05) is 42.5 Å². The number of carbonyl (C=O) groups is 3. The van der Waals surface area contributed by atoms with E-state index in [4.69, 9.17) is 4.74 Å². The lowest BCUT2D eigenvalue weighted by molar-refractivity contribution is -0.121. The van der Waals surface area contributed by atoms with Crippen molar-refractivity contribution in [1.29, 1.82) is 0 Å². The first-order valence-electron chi connectivity index (χ1n) is 9.10. The van der Waals surface area contributed by atoms with Crippen molar-refractivity contribution in [3.63, 3.8) is 0 Å². The van der Waals surface area contributed by atoms with E-state index in [1.54, 1.807) is 25.2 Å². The number of hydrogen-bond donors (Lipinski definition) is 3. The van der Waals surface area contributed by atoms with Gasteiger partial charge in [-0.3, -0.25) is 9.59 Å². The molecule has 0 saturated heterocycles. The lowest BCUT2D eigenvalue weighted by Crippen LogP contribution is -2.27. The van der Waals surface area contributed by atoms with Crippen LogP contribution in [0, 0.1) is 0 Å². The molecule has 2 aromatic carbocycles. The van der Waals surface area contributed by atoms with Gasteiger partial charge in [-0.2, -0.15) is 0 Å². The number of amides is 3. The molecule has 0 saturated carbocycles. The molecular formula is C21H25N3O4. The van der Waals surface area contributed by atoms with Gasteiger partial charge in [-0.15, -0.1) is 0 Å². The molecule has 0 atom stereocenters. The molecule has 0 aliphatic heterocycles. The Balaban J connectivity index is 1.60. The van der Waals surface area contributed by atoms with Crippen molar-refractivity contribution in [1.82, 2.24) is 16.0 Å². The fourth-order valence-corrected chi connectivity index (χ4v) is 2.47. The highest BCUT2D eigenvalue weighted by atomic mass is 16.5. The molecule has 28 heavy (non-hydrogen) atoms. The van der Waals surface area contributed by atoms with E-state index in [1.807, 2.05) is 36.4 Å². The van der Waals surface area contributed by atoms with E-state index in [0.717, 1.165) is 11.1 Å². The Hall–Kier alpha value is -3.35. The van der Waals surface area contributed by atoms with Crippen molar-refractivity contribution in [2.24, 2.45) is 0 Å². The third-order valence-electron chi connectivity index (χ3n) is 3.97. The predicted octanol–water partition coefficient (Wildman–Crippen LogP) is 2.37. The van der Waals surface area contributed by atoms with Gasteiger partial charge in [0.15, 0.2) is 0 Å². The quantitative estimate of drug-likeness (QED) is 0.579. The standard InChI is InChI=1S/C21H25N3O4/c1-22-20(26)18-10-5-9-17(13-18)14-24-19(25)11-6-12-23-21(27)28-15-16-7-3-2-4-8-16/h2-5,7-10,13H,6,11-12,14-15H2,1H3,(H,22,26)(H,23,27)(H,24,25). The number of benzene rings is 2. The van der Waals surface area contributed by atoms with Crippen LogP contribution < -0.4 is 16.0 Å². The lowest BCUT2D eigenvalue weighted by atomic mass is 10.1. The molecule has 148 valence electrons. The maximum Gasteiger partial charge on any atom is 0.407 e. The summed E-state index contributed by atoms with van der Waals surface area (Å²) in [7, 11) is 1.57. The highest BCUT2D eigenvalue weighted by molar-refractivity contribution is 5.94. The zero-order valence-corrected chi connectivity index (χ0v) is 15.9. The van der Waals surface area contributed by atoms with E-state index in [1.165, 1.54) is 0 Å². The number of rotatable bonds is 9. The van der Waals surface area contributed by atoms with Crippen LogP contribution in [-0.4, -0.2) is 31.5 Å². The van der Waals surface area contributed by atoms with Crippen molar-refractivity contribution >= 4 is 17.9 Å². The summed E-state index contributed by atoms with van der Waals surface area (Å²) in [6, 6.07) is 16.5.